The third kappa shape index (κ3) is 7.12. The number of Topliss-reactive ketones (excluding diaryl/α,β-unsaturated/α-hetero) is 1. The average molecular weight is 870 g/mol. The number of hydrogen-bond donors (Lipinski definition) is 6. The number of alkyl carbamates (subject to hydrolysis) is 1. The van der Waals surface area contributed by atoms with Crippen LogP contribution in [0.2, 0.25) is 0 Å². The molecule has 1 aliphatic carbocycles. The van der Waals surface area contributed by atoms with Crippen LogP contribution in [0.5, 0.6) is 5.75 Å². The van der Waals surface area contributed by atoms with Gasteiger partial charge in [0.25, 0.3) is 0 Å². The molecule has 2 saturated heterocycles. The number of rotatable bonds is 10. The molecule has 3 aromatic rings. The molecule has 1 amide bonds. The minimum absolute atomic E-state index is 0. The second-order valence-corrected chi connectivity index (χ2v) is 19.0. The number of amides is 1. The number of anilines is 1. The number of para-hydroxylation sites is 1. The Kier molecular flexibility index (Phi) is 12.9. The molecule has 2 aromatic carbocycles. The Labute approximate surface area is 370 Å². The van der Waals surface area contributed by atoms with Gasteiger partial charge in [0.15, 0.2) is 11.4 Å². The fourth-order valence-electron chi connectivity index (χ4n) is 13.1. The van der Waals surface area contributed by atoms with Crippen molar-refractivity contribution in [1.82, 2.24) is 20.1 Å². The van der Waals surface area contributed by atoms with Crippen molar-refractivity contribution in [3.05, 3.63) is 70.9 Å². The number of hydrogen-bond acceptors (Lipinski definition) is 12. The Morgan fingerprint density at radius 3 is 2.52 bits per heavy atom. The Hall–Kier alpha value is -4.56. The summed E-state index contributed by atoms with van der Waals surface area (Å²) in [5, 5.41) is 45.1. The van der Waals surface area contributed by atoms with E-state index in [2.05, 4.69) is 81.7 Å². The van der Waals surface area contributed by atoms with Gasteiger partial charge >= 0.3 is 12.2 Å². The van der Waals surface area contributed by atoms with E-state index >= 15 is 0 Å². The number of carbonyl (C=O) groups is 2. The van der Waals surface area contributed by atoms with Gasteiger partial charge in [-0.25, -0.2) is 4.79 Å². The predicted octanol–water partition coefficient (Wildman–Crippen LogP) is 5.22. The van der Waals surface area contributed by atoms with Gasteiger partial charge in [0.05, 0.1) is 31.9 Å². The summed E-state index contributed by atoms with van der Waals surface area (Å²) in [6.07, 6.45) is 7.90. The number of fused-ring (bicyclic) bond motifs is 6. The number of methoxy groups -OCH3 is 1. The average Bonchev–Trinajstić information content (AvgIpc) is 3.96. The third-order valence-electron chi connectivity index (χ3n) is 15.8. The molecule has 14 nitrogen and oxygen atoms in total. The highest BCUT2D eigenvalue weighted by Gasteiger charge is 2.77. The summed E-state index contributed by atoms with van der Waals surface area (Å²) in [4.78, 5) is 52.4. The number of aliphatic hydroxyl groups is 3. The number of piperidine rings is 1. The molecule has 1 aromatic heterocycles. The standard InChI is InChI=1S/C47H63N5O7.CO2.CH4/c1-6-9-21-59-42(55)48-26-37(53)47(57)39-46(17-20-52-18-12-16-45(8-3,40(46)52)41(47)54)32-22-33(36(58-5)23-35(32)50-39)43(4)24-29-25-44(56,7-2)28-51(27-29)19-15-31-30-13-10-11-14-34(30)49-38(31)43;2-1-3;/h10-14,16,22-23,29,39-41,49-50,54,56-57H,6-9,15,17-21,24-28H2,1-5H3,(H,48,55);;1H4/t29?,39-,40?,41-,43-,44?,45-,46+,47+;;/m1../s1. The highest BCUT2D eigenvalue weighted by atomic mass is 16.5. The maximum Gasteiger partial charge on any atom is 0.407 e. The molecule has 4 unspecified atom stereocenters. The van der Waals surface area contributed by atoms with Gasteiger partial charge in [-0.2, -0.15) is 9.59 Å². The molecule has 0 radical (unpaired) electrons. The minimum Gasteiger partial charge on any atom is -0.496 e. The largest absolute Gasteiger partial charge is 0.496 e. The Morgan fingerprint density at radius 2 is 1.81 bits per heavy atom. The molecule has 5 aliphatic heterocycles. The van der Waals surface area contributed by atoms with Crippen LogP contribution in [0.15, 0.2) is 48.6 Å². The number of ether oxygens (including phenoxy) is 2. The second-order valence-electron chi connectivity index (χ2n) is 19.0. The molecule has 9 rings (SSSR count). The van der Waals surface area contributed by atoms with Crippen molar-refractivity contribution < 1.29 is 44.0 Å². The smallest absolute Gasteiger partial charge is 0.407 e. The number of unbranched alkanes of at least 4 members (excludes halogenated alkanes) is 1. The Balaban J connectivity index is 0.00000145. The molecule has 10 atom stereocenters. The summed E-state index contributed by atoms with van der Waals surface area (Å²) >= 11 is 0. The molecule has 1 saturated carbocycles. The minimum atomic E-state index is -2.27. The molecule has 63 heavy (non-hydrogen) atoms. The van der Waals surface area contributed by atoms with Crippen LogP contribution in [0.4, 0.5) is 10.5 Å². The quantitative estimate of drug-likeness (QED) is 0.115. The first-order valence-corrected chi connectivity index (χ1v) is 22.5. The van der Waals surface area contributed by atoms with Gasteiger partial charge in [0.2, 0.25) is 0 Å². The summed E-state index contributed by atoms with van der Waals surface area (Å²) in [7, 11) is 1.70. The van der Waals surface area contributed by atoms with Gasteiger partial charge in [-0.1, -0.05) is 65.0 Å². The lowest BCUT2D eigenvalue weighted by atomic mass is 9.47. The lowest BCUT2D eigenvalue weighted by Gasteiger charge is -2.62. The van der Waals surface area contributed by atoms with E-state index in [1.165, 1.54) is 10.9 Å². The van der Waals surface area contributed by atoms with Gasteiger partial charge in [0.1, 0.15) is 11.9 Å². The van der Waals surface area contributed by atoms with E-state index in [1.54, 1.807) is 7.11 Å². The summed E-state index contributed by atoms with van der Waals surface area (Å²) in [6.45, 7) is 12.0. The number of benzene rings is 2. The van der Waals surface area contributed by atoms with Crippen LogP contribution in [-0.2, 0) is 36.4 Å². The van der Waals surface area contributed by atoms with Crippen LogP contribution in [-0.4, -0.2) is 131 Å². The van der Waals surface area contributed by atoms with Crippen molar-refractivity contribution in [2.45, 2.75) is 127 Å². The van der Waals surface area contributed by atoms with E-state index in [0.29, 0.717) is 50.9 Å². The first-order chi connectivity index (χ1) is 29.7. The van der Waals surface area contributed by atoms with Crippen LogP contribution in [0.1, 0.15) is 102 Å². The first-order valence-electron chi connectivity index (χ1n) is 22.5. The van der Waals surface area contributed by atoms with Gasteiger partial charge in [-0.3, -0.25) is 14.6 Å². The topological polar surface area (TPSA) is 194 Å². The molecule has 2 bridgehead atoms. The molecule has 14 heteroatoms. The summed E-state index contributed by atoms with van der Waals surface area (Å²) in [5.74, 6) is 0.238. The van der Waals surface area contributed by atoms with E-state index in [0.717, 1.165) is 66.9 Å². The Bertz CT molecular complexity index is 2270. The SMILES string of the molecule is C.CCCCOC(=O)NCC(=O)[C@@]1(O)[C@H](O)[C@]2(CC)C=CCN3CC[C@@]4(c5cc([C@@]6(C)CC7CN(CCc8c6[nH]c6ccccc86)CC(O)(CC)C7)c(OC)cc5N[C@@H]14)C32.O=C=O. The van der Waals surface area contributed by atoms with Crippen LogP contribution >= 0.6 is 0 Å². The number of nitrogens with one attached hydrogen (secondary N) is 3. The second kappa shape index (κ2) is 17.4. The van der Waals surface area contributed by atoms with Crippen molar-refractivity contribution in [3.8, 4) is 5.75 Å². The molecular formula is C49H67N5O9. The van der Waals surface area contributed by atoms with Gasteiger partial charge in [-0.15, -0.1) is 0 Å². The molecule has 342 valence electrons. The van der Waals surface area contributed by atoms with Gasteiger partial charge in [-0.05, 0) is 87.6 Å². The van der Waals surface area contributed by atoms with E-state index < -0.39 is 58.0 Å². The highest BCUT2D eigenvalue weighted by Crippen LogP contribution is 2.66. The van der Waals surface area contributed by atoms with Crippen LogP contribution in [0.3, 0.4) is 0 Å². The molecule has 1 spiro atoms. The number of aliphatic hydroxyl groups excluding tert-OH is 1. The van der Waals surface area contributed by atoms with Gasteiger partial charge < -0.3 is 40.4 Å². The monoisotopic (exact) mass is 869 g/mol. The highest BCUT2D eigenvalue weighted by molar-refractivity contribution is 5.95. The molecule has 6 heterocycles. The fraction of sp³-hybridized carbons (Fsp3) is 0.612. The van der Waals surface area contributed by atoms with E-state index in [9.17, 15) is 24.9 Å². The number of carbonyl (C=O) groups excluding carboxylic acids is 4. The number of ketones is 1. The maximum absolute atomic E-state index is 14.6. The van der Waals surface area contributed by atoms with E-state index in [4.69, 9.17) is 19.1 Å². The van der Waals surface area contributed by atoms with E-state index in [-0.39, 0.29) is 32.1 Å². The maximum atomic E-state index is 14.6. The number of H-pyrrole nitrogens is 1. The van der Waals surface area contributed by atoms with Crippen molar-refractivity contribution in [2.24, 2.45) is 11.3 Å². The molecular weight excluding hydrogens is 803 g/mol. The fourth-order valence-corrected chi connectivity index (χ4v) is 13.1. The zero-order valence-corrected chi connectivity index (χ0v) is 36.7. The molecule has 6 aliphatic rings. The molecule has 3 fully saturated rings. The van der Waals surface area contributed by atoms with Crippen LogP contribution in [0.25, 0.3) is 10.9 Å². The molecule has 6 N–H and O–H groups in total. The van der Waals surface area contributed by atoms with Crippen LogP contribution in [0, 0.1) is 11.3 Å². The third-order valence-corrected chi connectivity index (χ3v) is 15.8. The van der Waals surface area contributed by atoms with Crippen molar-refractivity contribution in [3.63, 3.8) is 0 Å². The predicted molar refractivity (Wildman–Crippen MR) is 239 cm³/mol. The van der Waals surface area contributed by atoms with Gasteiger partial charge in [0, 0.05) is 82.4 Å². The lowest BCUT2D eigenvalue weighted by molar-refractivity contribution is -0.198. The zero-order chi connectivity index (χ0) is 44.2. The van der Waals surface area contributed by atoms with Crippen molar-refractivity contribution in [1.29, 1.82) is 0 Å². The van der Waals surface area contributed by atoms with Crippen molar-refractivity contribution >= 4 is 34.6 Å². The number of aromatic nitrogens is 1. The van der Waals surface area contributed by atoms with Crippen molar-refractivity contribution in [2.75, 3.05) is 58.3 Å². The summed E-state index contributed by atoms with van der Waals surface area (Å²) in [6, 6.07) is 11.8. The van der Waals surface area contributed by atoms with Crippen LogP contribution < -0.4 is 15.4 Å². The van der Waals surface area contributed by atoms with E-state index in [1.807, 2.05) is 19.9 Å². The Morgan fingerprint density at radius 1 is 1.05 bits per heavy atom. The first kappa shape index (κ1) is 46.4. The number of nitrogens with zero attached hydrogens (tertiary/aromatic N) is 2. The summed E-state index contributed by atoms with van der Waals surface area (Å²) < 4.78 is 11.7. The zero-order valence-electron chi connectivity index (χ0n) is 36.7. The number of aromatic amines is 1. The lowest BCUT2D eigenvalue weighted by Crippen LogP contribution is -2.80. The summed E-state index contributed by atoms with van der Waals surface area (Å²) in [5.41, 5.74) is 0.967. The normalized spacial score (nSPS) is 34.7.